The average molecular weight is 510 g/mol. The van der Waals surface area contributed by atoms with E-state index < -0.39 is 17.8 Å². The minimum Gasteiger partial charge on any atom is -0.493 e. The Morgan fingerprint density at radius 3 is 2.32 bits per heavy atom. The molecule has 0 saturated carbocycles. The number of urea groups is 1. The second-order valence-electron chi connectivity index (χ2n) is 5.73. The van der Waals surface area contributed by atoms with Gasteiger partial charge in [-0.2, -0.15) is 0 Å². The molecule has 0 aromatic heterocycles. The van der Waals surface area contributed by atoms with Gasteiger partial charge in [0.1, 0.15) is 12.2 Å². The van der Waals surface area contributed by atoms with Gasteiger partial charge in [0, 0.05) is 14.5 Å². The van der Waals surface area contributed by atoms with Gasteiger partial charge in [0.05, 0.1) is 7.11 Å². The summed E-state index contributed by atoms with van der Waals surface area (Å²) in [5, 5.41) is 4.05. The van der Waals surface area contributed by atoms with Gasteiger partial charge in [0.2, 0.25) is 0 Å². The standard InChI is InChI=1S/C19H14Br2N2O5/c1-27-16-7-10(6-13-17(24)22-19(26)23-18(13)25)2-5-15(16)28-9-11-3-4-12(20)8-14(11)21/h2-8H,9H2,1H3,(H2,22,23,24,25,26). The summed E-state index contributed by atoms with van der Waals surface area (Å²) < 4.78 is 13.1. The number of hydrogen-bond donors (Lipinski definition) is 2. The summed E-state index contributed by atoms with van der Waals surface area (Å²) in [5.74, 6) is -0.566. The number of carbonyl (C=O) groups is 3. The molecule has 1 fully saturated rings. The van der Waals surface area contributed by atoms with Gasteiger partial charge in [-0.3, -0.25) is 20.2 Å². The smallest absolute Gasteiger partial charge is 0.328 e. The molecule has 7 nitrogen and oxygen atoms in total. The van der Waals surface area contributed by atoms with Crippen LogP contribution in [0.5, 0.6) is 11.5 Å². The largest absolute Gasteiger partial charge is 0.493 e. The monoisotopic (exact) mass is 508 g/mol. The molecule has 0 atom stereocenters. The Morgan fingerprint density at radius 1 is 0.964 bits per heavy atom. The maximum Gasteiger partial charge on any atom is 0.328 e. The van der Waals surface area contributed by atoms with Gasteiger partial charge in [0.15, 0.2) is 11.5 Å². The normalized spacial score (nSPS) is 13.7. The third-order valence-electron chi connectivity index (χ3n) is 3.84. The zero-order valence-corrected chi connectivity index (χ0v) is 17.7. The highest BCUT2D eigenvalue weighted by atomic mass is 79.9. The fourth-order valence-electron chi connectivity index (χ4n) is 2.46. The number of barbiturate groups is 1. The minimum atomic E-state index is -0.840. The van der Waals surface area contributed by atoms with Crippen molar-refractivity contribution in [3.8, 4) is 11.5 Å². The zero-order valence-electron chi connectivity index (χ0n) is 14.5. The molecule has 1 aliphatic rings. The molecule has 0 radical (unpaired) electrons. The molecule has 2 N–H and O–H groups in total. The Balaban J connectivity index is 1.80. The molecule has 0 aliphatic carbocycles. The fourth-order valence-corrected chi connectivity index (χ4v) is 3.62. The van der Waals surface area contributed by atoms with Crippen LogP contribution in [0, 0.1) is 0 Å². The second kappa shape index (κ2) is 8.57. The number of methoxy groups -OCH3 is 1. The van der Waals surface area contributed by atoms with Crippen LogP contribution in [0.15, 0.2) is 50.9 Å². The van der Waals surface area contributed by atoms with E-state index in [1.54, 1.807) is 18.2 Å². The van der Waals surface area contributed by atoms with Gasteiger partial charge in [-0.25, -0.2) is 4.79 Å². The van der Waals surface area contributed by atoms with Crippen molar-refractivity contribution < 1.29 is 23.9 Å². The molecular formula is C19H14Br2N2O5. The summed E-state index contributed by atoms with van der Waals surface area (Å²) in [6.07, 6.45) is 1.37. The lowest BCUT2D eigenvalue weighted by Gasteiger charge is -2.15. The number of imide groups is 2. The molecule has 3 rings (SSSR count). The number of amides is 4. The van der Waals surface area contributed by atoms with E-state index in [1.165, 1.54) is 13.2 Å². The highest BCUT2D eigenvalue weighted by Gasteiger charge is 2.27. The summed E-state index contributed by atoms with van der Waals surface area (Å²) in [5.41, 5.74) is 1.33. The van der Waals surface area contributed by atoms with Crippen LogP contribution in [-0.4, -0.2) is 25.0 Å². The van der Waals surface area contributed by atoms with E-state index >= 15 is 0 Å². The maximum atomic E-state index is 11.8. The van der Waals surface area contributed by atoms with E-state index in [9.17, 15) is 14.4 Å². The summed E-state index contributed by atoms with van der Waals surface area (Å²) >= 11 is 6.89. The predicted octanol–water partition coefficient (Wildman–Crippen LogP) is 3.55. The minimum absolute atomic E-state index is 0.172. The van der Waals surface area contributed by atoms with Gasteiger partial charge >= 0.3 is 6.03 Å². The predicted molar refractivity (Wildman–Crippen MR) is 109 cm³/mol. The molecule has 1 aliphatic heterocycles. The van der Waals surface area contributed by atoms with Crippen LogP contribution >= 0.6 is 31.9 Å². The Kier molecular flexibility index (Phi) is 6.15. The van der Waals surface area contributed by atoms with Crippen LogP contribution in [0.1, 0.15) is 11.1 Å². The summed E-state index contributed by atoms with van der Waals surface area (Å²) in [6, 6.07) is 9.93. The number of nitrogens with one attached hydrogen (secondary N) is 2. The molecule has 9 heteroatoms. The van der Waals surface area contributed by atoms with Crippen molar-refractivity contribution in [1.82, 2.24) is 10.6 Å². The number of rotatable bonds is 5. The summed E-state index contributed by atoms with van der Waals surface area (Å²) in [4.78, 5) is 34.8. The lowest BCUT2D eigenvalue weighted by Crippen LogP contribution is -2.51. The summed E-state index contributed by atoms with van der Waals surface area (Å²) in [7, 11) is 1.49. The van der Waals surface area contributed by atoms with E-state index in [0.29, 0.717) is 23.7 Å². The van der Waals surface area contributed by atoms with Crippen molar-refractivity contribution in [2.45, 2.75) is 6.61 Å². The molecule has 0 spiro atoms. The van der Waals surface area contributed by atoms with Gasteiger partial charge in [0.25, 0.3) is 11.8 Å². The van der Waals surface area contributed by atoms with Gasteiger partial charge in [-0.1, -0.05) is 44.0 Å². The SMILES string of the molecule is COc1cc(C=C2C(=O)NC(=O)NC2=O)ccc1OCc1ccc(Br)cc1Br. The molecule has 144 valence electrons. The third-order valence-corrected chi connectivity index (χ3v) is 5.07. The number of hydrogen-bond acceptors (Lipinski definition) is 5. The first-order valence-corrected chi connectivity index (χ1v) is 9.59. The Morgan fingerprint density at radius 2 is 1.68 bits per heavy atom. The van der Waals surface area contributed by atoms with Crippen molar-refractivity contribution in [3.63, 3.8) is 0 Å². The Labute approximate surface area is 177 Å². The lowest BCUT2D eigenvalue weighted by atomic mass is 10.1. The van der Waals surface area contributed by atoms with Crippen molar-refractivity contribution in [3.05, 3.63) is 62.0 Å². The molecule has 4 amide bonds. The van der Waals surface area contributed by atoms with Crippen molar-refractivity contribution in [1.29, 1.82) is 0 Å². The highest BCUT2D eigenvalue weighted by Crippen LogP contribution is 2.31. The van der Waals surface area contributed by atoms with Crippen molar-refractivity contribution in [2.75, 3.05) is 7.11 Å². The van der Waals surface area contributed by atoms with Crippen molar-refractivity contribution in [2.24, 2.45) is 0 Å². The molecule has 2 aromatic carbocycles. The summed E-state index contributed by atoms with van der Waals surface area (Å²) in [6.45, 7) is 0.317. The molecular weight excluding hydrogens is 496 g/mol. The first-order chi connectivity index (χ1) is 13.4. The molecule has 28 heavy (non-hydrogen) atoms. The first-order valence-electron chi connectivity index (χ1n) is 8.00. The number of benzene rings is 2. The van der Waals surface area contributed by atoms with E-state index in [2.05, 4.69) is 31.9 Å². The molecule has 1 saturated heterocycles. The number of halogens is 2. The van der Waals surface area contributed by atoms with Crippen LogP contribution in [0.25, 0.3) is 6.08 Å². The molecule has 0 bridgehead atoms. The van der Waals surface area contributed by atoms with Crippen LogP contribution in [0.3, 0.4) is 0 Å². The van der Waals surface area contributed by atoms with Gasteiger partial charge in [-0.05, 0) is 35.9 Å². The van der Waals surface area contributed by atoms with Gasteiger partial charge < -0.3 is 9.47 Å². The topological polar surface area (TPSA) is 93.7 Å². The second-order valence-corrected chi connectivity index (χ2v) is 7.50. The molecule has 2 aromatic rings. The number of carbonyl (C=O) groups excluding carboxylic acids is 3. The first kappa shape index (κ1) is 20.1. The van der Waals surface area contributed by atoms with Crippen LogP contribution in [-0.2, 0) is 16.2 Å². The third kappa shape index (κ3) is 4.60. The van der Waals surface area contributed by atoms with Crippen LogP contribution < -0.4 is 20.1 Å². The van der Waals surface area contributed by atoms with E-state index in [-0.39, 0.29) is 5.57 Å². The van der Waals surface area contributed by atoms with E-state index in [1.807, 2.05) is 28.8 Å². The fraction of sp³-hybridized carbons (Fsp3) is 0.105. The maximum absolute atomic E-state index is 11.8. The van der Waals surface area contributed by atoms with E-state index in [0.717, 1.165) is 14.5 Å². The zero-order chi connectivity index (χ0) is 20.3. The highest BCUT2D eigenvalue weighted by molar-refractivity contribution is 9.11. The average Bonchev–Trinajstić information content (AvgIpc) is 2.64. The van der Waals surface area contributed by atoms with E-state index in [4.69, 9.17) is 9.47 Å². The van der Waals surface area contributed by atoms with Crippen molar-refractivity contribution >= 4 is 55.8 Å². The van der Waals surface area contributed by atoms with Crippen LogP contribution in [0.4, 0.5) is 4.79 Å². The Hall–Kier alpha value is -2.65. The Bertz CT molecular complexity index is 982. The quantitative estimate of drug-likeness (QED) is 0.475. The molecule has 0 unspecified atom stereocenters. The number of ether oxygens (including phenoxy) is 2. The van der Waals surface area contributed by atoms with Crippen LogP contribution in [0.2, 0.25) is 0 Å². The van der Waals surface area contributed by atoms with Gasteiger partial charge in [-0.15, -0.1) is 0 Å². The lowest BCUT2D eigenvalue weighted by molar-refractivity contribution is -0.123. The molecule has 1 heterocycles.